The second kappa shape index (κ2) is 13.8. The molecule has 0 aliphatic heterocycles. The molecule has 0 saturated heterocycles. The van der Waals surface area contributed by atoms with Crippen molar-refractivity contribution in [3.05, 3.63) is 88.4 Å². The Morgan fingerprint density at radius 3 is 2.29 bits per heavy atom. The van der Waals surface area contributed by atoms with Crippen LogP contribution in [-0.4, -0.2) is 46.0 Å². The number of benzene rings is 3. The van der Waals surface area contributed by atoms with Crippen LogP contribution in [0.15, 0.2) is 76.8 Å². The normalized spacial score (nSPS) is 10.5. The van der Waals surface area contributed by atoms with Crippen molar-refractivity contribution >= 4 is 34.0 Å². The molecule has 198 valence electrons. The van der Waals surface area contributed by atoms with E-state index >= 15 is 0 Å². The number of amides is 1. The fraction of sp³-hybridized carbons (Fsp3) is 0.179. The molecule has 0 aromatic heterocycles. The third kappa shape index (κ3) is 7.59. The quantitative estimate of drug-likeness (QED) is 0.106. The number of hydrogen-bond acceptors (Lipinski definition) is 8. The summed E-state index contributed by atoms with van der Waals surface area (Å²) in [6.45, 7) is 3.44. The molecule has 0 atom stereocenters. The van der Waals surface area contributed by atoms with Gasteiger partial charge in [-0.3, -0.25) is 4.79 Å². The van der Waals surface area contributed by atoms with Crippen LogP contribution in [0.25, 0.3) is 0 Å². The molecular weight excluding hydrogens is 556 g/mol. The topological polar surface area (TPSA) is 105 Å². The predicted molar refractivity (Wildman–Crippen MR) is 147 cm³/mol. The fourth-order valence-corrected chi connectivity index (χ4v) is 3.69. The van der Waals surface area contributed by atoms with E-state index in [0.717, 1.165) is 10.0 Å². The number of halogens is 1. The number of nitrogens with one attached hydrogen (secondary N) is 1. The Bertz CT molecular complexity index is 1340. The maximum absolute atomic E-state index is 12.8. The summed E-state index contributed by atoms with van der Waals surface area (Å²) in [5.41, 5.74) is 4.13. The van der Waals surface area contributed by atoms with Gasteiger partial charge in [0.15, 0.2) is 29.6 Å². The van der Waals surface area contributed by atoms with Gasteiger partial charge in [0.2, 0.25) is 0 Å². The molecular formula is C28H27BrN2O7. The minimum atomic E-state index is -0.603. The van der Waals surface area contributed by atoms with Gasteiger partial charge in [-0.05, 0) is 60.5 Å². The molecule has 0 bridgehead atoms. The standard InChI is InChI=1S/C28H27BrN2O7/c1-5-6-18-7-10-24(25(13-18)35-3)37-17-27(32)31-30-16-20-14-21(29)9-12-22(20)38-28(33)19-8-11-23(34-2)26(15-19)36-4/h5,7-16H,1,6,17H2,2-4H3,(H,31,32). The first-order valence-corrected chi connectivity index (χ1v) is 12.1. The lowest BCUT2D eigenvalue weighted by Crippen LogP contribution is -2.24. The largest absolute Gasteiger partial charge is 0.493 e. The highest BCUT2D eigenvalue weighted by molar-refractivity contribution is 9.10. The van der Waals surface area contributed by atoms with E-state index in [-0.39, 0.29) is 17.9 Å². The van der Waals surface area contributed by atoms with Gasteiger partial charge in [-0.15, -0.1) is 6.58 Å². The summed E-state index contributed by atoms with van der Waals surface area (Å²) in [5.74, 6) is 0.974. The van der Waals surface area contributed by atoms with Gasteiger partial charge in [0.25, 0.3) is 5.91 Å². The van der Waals surface area contributed by atoms with Crippen molar-refractivity contribution in [2.45, 2.75) is 6.42 Å². The monoisotopic (exact) mass is 582 g/mol. The number of esters is 1. The van der Waals surface area contributed by atoms with Crippen LogP contribution in [-0.2, 0) is 11.2 Å². The molecule has 0 heterocycles. The van der Waals surface area contributed by atoms with Crippen molar-refractivity contribution in [3.63, 3.8) is 0 Å². The van der Waals surface area contributed by atoms with E-state index in [4.69, 9.17) is 23.7 Å². The van der Waals surface area contributed by atoms with E-state index in [1.54, 1.807) is 42.5 Å². The van der Waals surface area contributed by atoms with E-state index < -0.39 is 11.9 Å². The molecule has 1 N–H and O–H groups in total. The number of carbonyl (C=O) groups is 2. The molecule has 3 rings (SSSR count). The lowest BCUT2D eigenvalue weighted by Gasteiger charge is -2.11. The summed E-state index contributed by atoms with van der Waals surface area (Å²) < 4.78 is 27.7. The van der Waals surface area contributed by atoms with Crippen LogP contribution in [0.2, 0.25) is 0 Å². The molecule has 0 aliphatic carbocycles. The Labute approximate surface area is 229 Å². The molecule has 0 unspecified atom stereocenters. The van der Waals surface area contributed by atoms with Gasteiger partial charge in [-0.2, -0.15) is 5.10 Å². The minimum absolute atomic E-state index is 0.242. The minimum Gasteiger partial charge on any atom is -0.493 e. The van der Waals surface area contributed by atoms with Gasteiger partial charge in [0.05, 0.1) is 33.1 Å². The number of allylic oxidation sites excluding steroid dienone is 1. The molecule has 1 amide bonds. The Kier molecular flexibility index (Phi) is 10.3. The molecule has 10 heteroatoms. The molecule has 3 aromatic carbocycles. The van der Waals surface area contributed by atoms with Gasteiger partial charge in [0, 0.05) is 10.0 Å². The first-order valence-electron chi connectivity index (χ1n) is 11.3. The third-order valence-corrected chi connectivity index (χ3v) is 5.65. The van der Waals surface area contributed by atoms with Gasteiger partial charge in [-0.25, -0.2) is 10.2 Å². The lowest BCUT2D eigenvalue weighted by molar-refractivity contribution is -0.123. The Hall–Kier alpha value is -4.31. The molecule has 38 heavy (non-hydrogen) atoms. The average molecular weight is 583 g/mol. The molecule has 0 aliphatic rings. The van der Waals surface area contributed by atoms with Gasteiger partial charge >= 0.3 is 5.97 Å². The SMILES string of the molecule is C=CCc1ccc(OCC(=O)NN=Cc2cc(Br)ccc2OC(=O)c2ccc(OC)c(OC)c2)c(OC)c1. The smallest absolute Gasteiger partial charge is 0.343 e. The van der Waals surface area contributed by atoms with E-state index in [1.807, 2.05) is 12.1 Å². The second-order valence-electron chi connectivity index (χ2n) is 7.70. The van der Waals surface area contributed by atoms with E-state index in [2.05, 4.69) is 33.0 Å². The number of hydrazone groups is 1. The van der Waals surface area contributed by atoms with Crippen molar-refractivity contribution in [3.8, 4) is 28.7 Å². The van der Waals surface area contributed by atoms with Crippen LogP contribution in [0, 0.1) is 0 Å². The first kappa shape index (κ1) is 28.3. The highest BCUT2D eigenvalue weighted by atomic mass is 79.9. The average Bonchev–Trinajstić information content (AvgIpc) is 2.93. The zero-order chi connectivity index (χ0) is 27.5. The Balaban J connectivity index is 1.64. The summed E-state index contributed by atoms with van der Waals surface area (Å²) in [5, 5.41) is 3.97. The van der Waals surface area contributed by atoms with E-state index in [0.29, 0.717) is 35.0 Å². The van der Waals surface area contributed by atoms with Crippen LogP contribution in [0.3, 0.4) is 0 Å². The zero-order valence-corrected chi connectivity index (χ0v) is 22.7. The number of hydrogen-bond donors (Lipinski definition) is 1. The summed E-state index contributed by atoms with van der Waals surface area (Å²) in [7, 11) is 4.51. The van der Waals surface area contributed by atoms with Crippen LogP contribution in [0.1, 0.15) is 21.5 Å². The fourth-order valence-electron chi connectivity index (χ4n) is 3.31. The maximum Gasteiger partial charge on any atom is 0.343 e. The number of rotatable bonds is 12. The van der Waals surface area contributed by atoms with Gasteiger partial charge < -0.3 is 23.7 Å². The van der Waals surface area contributed by atoms with Gasteiger partial charge in [-0.1, -0.05) is 28.1 Å². The molecule has 3 aromatic rings. The highest BCUT2D eigenvalue weighted by Gasteiger charge is 2.15. The van der Waals surface area contributed by atoms with Crippen molar-refractivity contribution in [1.29, 1.82) is 0 Å². The zero-order valence-electron chi connectivity index (χ0n) is 21.2. The van der Waals surface area contributed by atoms with Crippen LogP contribution in [0.5, 0.6) is 28.7 Å². The van der Waals surface area contributed by atoms with Gasteiger partial charge in [0.1, 0.15) is 5.75 Å². The predicted octanol–water partition coefficient (Wildman–Crippen LogP) is 4.95. The first-order chi connectivity index (χ1) is 18.4. The number of methoxy groups -OCH3 is 3. The van der Waals surface area contributed by atoms with E-state index in [9.17, 15) is 9.59 Å². The molecule has 0 fully saturated rings. The third-order valence-electron chi connectivity index (χ3n) is 5.15. The van der Waals surface area contributed by atoms with Crippen LogP contribution < -0.4 is 29.1 Å². The highest BCUT2D eigenvalue weighted by Crippen LogP contribution is 2.30. The molecule has 0 saturated carbocycles. The Morgan fingerprint density at radius 2 is 1.58 bits per heavy atom. The van der Waals surface area contributed by atoms with Crippen LogP contribution in [0.4, 0.5) is 0 Å². The maximum atomic E-state index is 12.8. The second-order valence-corrected chi connectivity index (χ2v) is 8.62. The summed E-state index contributed by atoms with van der Waals surface area (Å²) >= 11 is 3.38. The summed E-state index contributed by atoms with van der Waals surface area (Å²) in [4.78, 5) is 25.0. The number of ether oxygens (including phenoxy) is 5. The Morgan fingerprint density at radius 1 is 0.895 bits per heavy atom. The summed E-state index contributed by atoms with van der Waals surface area (Å²) in [6, 6.07) is 15.1. The van der Waals surface area contributed by atoms with Crippen molar-refractivity contribution in [2.75, 3.05) is 27.9 Å². The van der Waals surface area contributed by atoms with E-state index in [1.165, 1.54) is 33.6 Å². The molecule has 0 spiro atoms. The lowest BCUT2D eigenvalue weighted by atomic mass is 10.1. The van der Waals surface area contributed by atoms with Crippen LogP contribution >= 0.6 is 15.9 Å². The van der Waals surface area contributed by atoms with Crippen molar-refractivity contribution in [1.82, 2.24) is 5.43 Å². The summed E-state index contributed by atoms with van der Waals surface area (Å²) in [6.07, 6.45) is 3.84. The van der Waals surface area contributed by atoms with Crippen molar-refractivity contribution in [2.24, 2.45) is 5.10 Å². The molecule has 0 radical (unpaired) electrons. The molecule has 9 nitrogen and oxygen atoms in total. The van der Waals surface area contributed by atoms with Crippen molar-refractivity contribution < 1.29 is 33.3 Å². The number of nitrogens with zero attached hydrogens (tertiary/aromatic N) is 1. The number of carbonyl (C=O) groups excluding carboxylic acids is 2.